The predicted molar refractivity (Wildman–Crippen MR) is 53.0 cm³/mol. The van der Waals surface area contributed by atoms with Crippen molar-refractivity contribution in [2.24, 2.45) is 5.92 Å². The van der Waals surface area contributed by atoms with Crippen molar-refractivity contribution in [3.05, 3.63) is 17.8 Å². The fourth-order valence-electron chi connectivity index (χ4n) is 1.03. The Morgan fingerprint density at radius 2 is 2.36 bits per heavy atom. The first-order valence-corrected chi connectivity index (χ1v) is 4.80. The second-order valence-electron chi connectivity index (χ2n) is 3.69. The molecule has 0 aliphatic rings. The number of rotatable bonds is 4. The van der Waals surface area contributed by atoms with Gasteiger partial charge in [0.1, 0.15) is 6.26 Å². The van der Waals surface area contributed by atoms with Gasteiger partial charge in [-0.25, -0.2) is 4.98 Å². The van der Waals surface area contributed by atoms with Crippen LogP contribution < -0.4 is 5.32 Å². The first kappa shape index (κ1) is 10.8. The summed E-state index contributed by atoms with van der Waals surface area (Å²) in [6, 6.07) is 0. The summed E-state index contributed by atoms with van der Waals surface area (Å²) in [5.74, 6) is 0.941. The summed E-state index contributed by atoms with van der Waals surface area (Å²) < 4.78 is 4.94. The normalized spacial score (nSPS) is 10.6. The van der Waals surface area contributed by atoms with E-state index in [9.17, 15) is 4.79 Å². The second kappa shape index (κ2) is 4.79. The van der Waals surface area contributed by atoms with Gasteiger partial charge < -0.3 is 9.73 Å². The molecule has 14 heavy (non-hydrogen) atoms. The van der Waals surface area contributed by atoms with Gasteiger partial charge in [-0.15, -0.1) is 0 Å². The van der Waals surface area contributed by atoms with Gasteiger partial charge >= 0.3 is 0 Å². The number of hydrogen-bond acceptors (Lipinski definition) is 3. The van der Waals surface area contributed by atoms with Gasteiger partial charge in [0.05, 0.1) is 0 Å². The lowest BCUT2D eigenvalue weighted by atomic mass is 10.1. The number of oxazole rings is 1. The molecule has 0 radical (unpaired) electrons. The van der Waals surface area contributed by atoms with E-state index in [0.29, 0.717) is 24.0 Å². The van der Waals surface area contributed by atoms with Crippen molar-refractivity contribution < 1.29 is 9.21 Å². The average Bonchev–Trinajstić information content (AvgIpc) is 2.51. The van der Waals surface area contributed by atoms with E-state index >= 15 is 0 Å². The van der Waals surface area contributed by atoms with Crippen LogP contribution in [0.5, 0.6) is 0 Å². The van der Waals surface area contributed by atoms with E-state index in [-0.39, 0.29) is 5.91 Å². The van der Waals surface area contributed by atoms with E-state index in [1.165, 1.54) is 6.26 Å². The van der Waals surface area contributed by atoms with Crippen LogP contribution in [0.2, 0.25) is 0 Å². The molecule has 0 unspecified atom stereocenters. The van der Waals surface area contributed by atoms with E-state index in [2.05, 4.69) is 24.1 Å². The second-order valence-corrected chi connectivity index (χ2v) is 3.69. The van der Waals surface area contributed by atoms with Crippen molar-refractivity contribution in [2.75, 3.05) is 6.54 Å². The minimum absolute atomic E-state index is 0.164. The number of carbonyl (C=O) groups excluding carboxylic acids is 1. The van der Waals surface area contributed by atoms with Crippen LogP contribution in [-0.2, 0) is 0 Å². The van der Waals surface area contributed by atoms with Crippen molar-refractivity contribution in [3.8, 4) is 0 Å². The molecule has 0 aliphatic carbocycles. The zero-order chi connectivity index (χ0) is 10.6. The summed E-state index contributed by atoms with van der Waals surface area (Å²) in [5.41, 5.74) is 0.353. The molecule has 0 aliphatic heterocycles. The number of amides is 1. The third-order valence-electron chi connectivity index (χ3n) is 1.86. The Kier molecular flexibility index (Phi) is 3.68. The van der Waals surface area contributed by atoms with Crippen LogP contribution in [-0.4, -0.2) is 17.4 Å². The largest absolute Gasteiger partial charge is 0.448 e. The summed E-state index contributed by atoms with van der Waals surface area (Å²) in [7, 11) is 0. The number of aryl methyl sites for hydroxylation is 1. The van der Waals surface area contributed by atoms with Crippen LogP contribution in [0.15, 0.2) is 10.7 Å². The van der Waals surface area contributed by atoms with Crippen LogP contribution in [0.25, 0.3) is 0 Å². The van der Waals surface area contributed by atoms with Gasteiger partial charge in [-0.2, -0.15) is 0 Å². The fourth-order valence-corrected chi connectivity index (χ4v) is 1.03. The van der Waals surface area contributed by atoms with Crippen molar-refractivity contribution in [2.45, 2.75) is 27.2 Å². The monoisotopic (exact) mass is 196 g/mol. The zero-order valence-electron chi connectivity index (χ0n) is 8.83. The van der Waals surface area contributed by atoms with E-state index < -0.39 is 0 Å². The van der Waals surface area contributed by atoms with Gasteiger partial charge in [-0.3, -0.25) is 4.79 Å². The molecule has 0 spiro atoms. The van der Waals surface area contributed by atoms with Gasteiger partial charge in [0.2, 0.25) is 0 Å². The molecular formula is C10H16N2O2. The van der Waals surface area contributed by atoms with Gasteiger partial charge in [0, 0.05) is 13.5 Å². The van der Waals surface area contributed by atoms with Crippen molar-refractivity contribution in [1.82, 2.24) is 10.3 Å². The molecule has 1 amide bonds. The maximum absolute atomic E-state index is 11.4. The summed E-state index contributed by atoms with van der Waals surface area (Å²) in [4.78, 5) is 15.3. The summed E-state index contributed by atoms with van der Waals surface area (Å²) in [6.07, 6.45) is 2.35. The minimum atomic E-state index is -0.164. The highest BCUT2D eigenvalue weighted by atomic mass is 16.3. The van der Waals surface area contributed by atoms with E-state index in [4.69, 9.17) is 4.42 Å². The van der Waals surface area contributed by atoms with Crippen LogP contribution in [0.3, 0.4) is 0 Å². The molecule has 0 aromatic carbocycles. The number of nitrogens with one attached hydrogen (secondary N) is 1. The molecule has 1 aromatic rings. The molecule has 0 saturated heterocycles. The van der Waals surface area contributed by atoms with Crippen LogP contribution in [0, 0.1) is 12.8 Å². The molecule has 4 nitrogen and oxygen atoms in total. The van der Waals surface area contributed by atoms with Crippen LogP contribution in [0.1, 0.15) is 36.6 Å². The summed E-state index contributed by atoms with van der Waals surface area (Å²) >= 11 is 0. The Morgan fingerprint density at radius 1 is 1.64 bits per heavy atom. The molecule has 0 fully saturated rings. The van der Waals surface area contributed by atoms with Gasteiger partial charge in [-0.1, -0.05) is 13.8 Å². The summed E-state index contributed by atoms with van der Waals surface area (Å²) in [6.45, 7) is 6.63. The van der Waals surface area contributed by atoms with Crippen molar-refractivity contribution in [3.63, 3.8) is 0 Å². The van der Waals surface area contributed by atoms with Crippen LogP contribution in [0.4, 0.5) is 0 Å². The van der Waals surface area contributed by atoms with E-state index in [0.717, 1.165) is 6.42 Å². The maximum atomic E-state index is 11.4. The quantitative estimate of drug-likeness (QED) is 0.798. The number of carbonyl (C=O) groups is 1. The van der Waals surface area contributed by atoms with Crippen molar-refractivity contribution >= 4 is 5.91 Å². The van der Waals surface area contributed by atoms with Crippen molar-refractivity contribution in [1.29, 1.82) is 0 Å². The predicted octanol–water partition coefficient (Wildman–Crippen LogP) is 1.76. The molecule has 4 heteroatoms. The number of nitrogens with zero attached hydrogens (tertiary/aromatic N) is 1. The zero-order valence-corrected chi connectivity index (χ0v) is 8.83. The third kappa shape index (κ3) is 3.20. The highest BCUT2D eigenvalue weighted by molar-refractivity contribution is 5.91. The SMILES string of the molecule is Cc1nc(C(=O)NCCC(C)C)co1. The summed E-state index contributed by atoms with van der Waals surface area (Å²) in [5, 5.41) is 2.78. The molecule has 0 bridgehead atoms. The van der Waals surface area contributed by atoms with Crippen LogP contribution >= 0.6 is 0 Å². The molecule has 1 N–H and O–H groups in total. The Hall–Kier alpha value is -1.32. The molecule has 0 saturated carbocycles. The molecule has 1 heterocycles. The topological polar surface area (TPSA) is 55.1 Å². The minimum Gasteiger partial charge on any atom is -0.448 e. The fraction of sp³-hybridized carbons (Fsp3) is 0.600. The van der Waals surface area contributed by atoms with E-state index in [1.54, 1.807) is 6.92 Å². The van der Waals surface area contributed by atoms with Gasteiger partial charge in [0.15, 0.2) is 11.6 Å². The highest BCUT2D eigenvalue weighted by Gasteiger charge is 2.09. The molecule has 1 aromatic heterocycles. The van der Waals surface area contributed by atoms with Gasteiger partial charge in [-0.05, 0) is 12.3 Å². The lowest BCUT2D eigenvalue weighted by molar-refractivity contribution is 0.0947. The maximum Gasteiger partial charge on any atom is 0.273 e. The standard InChI is InChI=1S/C10H16N2O2/c1-7(2)4-5-11-10(13)9-6-14-8(3)12-9/h6-7H,4-5H2,1-3H3,(H,11,13). The molecular weight excluding hydrogens is 180 g/mol. The Balaban J connectivity index is 2.36. The lowest BCUT2D eigenvalue weighted by Gasteiger charge is -2.04. The molecule has 78 valence electrons. The Morgan fingerprint density at radius 3 is 2.86 bits per heavy atom. The highest BCUT2D eigenvalue weighted by Crippen LogP contribution is 2.01. The first-order chi connectivity index (χ1) is 6.59. The lowest BCUT2D eigenvalue weighted by Crippen LogP contribution is -2.25. The Bertz CT molecular complexity index is 305. The Labute approximate surface area is 83.7 Å². The molecule has 1 rings (SSSR count). The number of hydrogen-bond donors (Lipinski definition) is 1. The molecule has 0 atom stereocenters. The van der Waals surface area contributed by atoms with Gasteiger partial charge in [0.25, 0.3) is 5.91 Å². The number of aromatic nitrogens is 1. The smallest absolute Gasteiger partial charge is 0.273 e. The third-order valence-corrected chi connectivity index (χ3v) is 1.86. The van der Waals surface area contributed by atoms with E-state index in [1.807, 2.05) is 0 Å². The first-order valence-electron chi connectivity index (χ1n) is 4.80. The average molecular weight is 196 g/mol.